The highest BCUT2D eigenvalue weighted by atomic mass is 16.6. The number of aliphatic carboxylic acids is 1. The van der Waals surface area contributed by atoms with Crippen molar-refractivity contribution < 1.29 is 30.0 Å². The van der Waals surface area contributed by atoms with E-state index in [1.54, 1.807) is 0 Å². The first-order valence-electron chi connectivity index (χ1n) is 3.75. The molecule has 0 aliphatic rings. The van der Waals surface area contributed by atoms with Gasteiger partial charge in [-0.3, -0.25) is 4.79 Å². The van der Waals surface area contributed by atoms with Gasteiger partial charge in [0.2, 0.25) is 0 Å². The first-order chi connectivity index (χ1) is 6.00. The van der Waals surface area contributed by atoms with Gasteiger partial charge in [-0.15, -0.1) is 0 Å². The van der Waals surface area contributed by atoms with Gasteiger partial charge in [0.1, 0.15) is 0 Å². The molecule has 6 heteroatoms. The van der Waals surface area contributed by atoms with E-state index in [9.17, 15) is 4.79 Å². The van der Waals surface area contributed by atoms with Gasteiger partial charge in [-0.1, -0.05) is 6.42 Å². The van der Waals surface area contributed by atoms with Crippen molar-refractivity contribution in [2.24, 2.45) is 0 Å². The lowest BCUT2D eigenvalue weighted by Crippen LogP contribution is -1.94. The molecule has 0 aromatic carbocycles. The smallest absolute Gasteiger partial charge is 0.481 e. The van der Waals surface area contributed by atoms with Crippen molar-refractivity contribution in [3.8, 4) is 0 Å². The zero-order chi connectivity index (χ0) is 10.7. The molecule has 78 valence electrons. The van der Waals surface area contributed by atoms with Crippen LogP contribution < -0.4 is 0 Å². The molecule has 0 aliphatic heterocycles. The van der Waals surface area contributed by atoms with E-state index in [1.165, 1.54) is 0 Å². The molecule has 0 spiro atoms. The minimum atomic E-state index is -1.83. The minimum Gasteiger partial charge on any atom is -0.481 e. The standard InChI is InChI=1S/C6H12O3.CH2O3/c7-5-3-1-2-4-6(8)9;2-1(3)4/h7H,1-5H2,(H,8,9);(H2,2,3,4). The lowest BCUT2D eigenvalue weighted by Gasteiger charge is -1.92. The first-order valence-corrected chi connectivity index (χ1v) is 3.75. The van der Waals surface area contributed by atoms with Crippen molar-refractivity contribution >= 4 is 12.1 Å². The molecule has 0 fully saturated rings. The number of rotatable bonds is 5. The largest absolute Gasteiger partial charge is 0.503 e. The van der Waals surface area contributed by atoms with Gasteiger partial charge < -0.3 is 20.4 Å². The molecule has 0 unspecified atom stereocenters. The fraction of sp³-hybridized carbons (Fsp3) is 0.714. The normalized spacial score (nSPS) is 8.38. The van der Waals surface area contributed by atoms with Crippen molar-refractivity contribution in [2.75, 3.05) is 6.61 Å². The number of unbranched alkanes of at least 4 members (excludes halogenated alkanes) is 2. The van der Waals surface area contributed by atoms with Crippen molar-refractivity contribution in [1.82, 2.24) is 0 Å². The summed E-state index contributed by atoms with van der Waals surface area (Å²) < 4.78 is 0. The Hall–Kier alpha value is -1.30. The summed E-state index contributed by atoms with van der Waals surface area (Å²) in [6.07, 6.45) is 0.589. The Morgan fingerprint density at radius 2 is 1.38 bits per heavy atom. The lowest BCUT2D eigenvalue weighted by molar-refractivity contribution is -0.137. The molecular formula is C7H14O6. The quantitative estimate of drug-likeness (QED) is 0.482. The summed E-state index contributed by atoms with van der Waals surface area (Å²) in [5.41, 5.74) is 0. The van der Waals surface area contributed by atoms with Gasteiger partial charge in [-0.2, -0.15) is 0 Å². The number of hydrogen-bond acceptors (Lipinski definition) is 3. The first kappa shape index (κ1) is 14.2. The maximum atomic E-state index is 9.90. The van der Waals surface area contributed by atoms with Gasteiger partial charge >= 0.3 is 12.1 Å². The monoisotopic (exact) mass is 194 g/mol. The van der Waals surface area contributed by atoms with Crippen LogP contribution in [0.15, 0.2) is 0 Å². The molecule has 0 aromatic rings. The van der Waals surface area contributed by atoms with E-state index in [0.717, 1.165) is 6.42 Å². The molecule has 0 heterocycles. The van der Waals surface area contributed by atoms with E-state index in [1.807, 2.05) is 0 Å². The Morgan fingerprint density at radius 3 is 1.69 bits per heavy atom. The fourth-order valence-corrected chi connectivity index (χ4v) is 0.565. The molecule has 0 amide bonds. The van der Waals surface area contributed by atoms with Gasteiger partial charge in [0.25, 0.3) is 0 Å². The summed E-state index contributed by atoms with van der Waals surface area (Å²) in [4.78, 5) is 18.5. The van der Waals surface area contributed by atoms with Crippen LogP contribution in [0.4, 0.5) is 4.79 Å². The van der Waals surface area contributed by atoms with Crippen LogP contribution in [0.2, 0.25) is 0 Å². The topological polar surface area (TPSA) is 115 Å². The van der Waals surface area contributed by atoms with E-state index in [4.69, 9.17) is 25.2 Å². The number of aliphatic hydroxyl groups is 1. The number of carboxylic acids is 1. The zero-order valence-corrected chi connectivity index (χ0v) is 7.14. The summed E-state index contributed by atoms with van der Waals surface area (Å²) in [5, 5.41) is 30.4. The molecule has 13 heavy (non-hydrogen) atoms. The molecule has 0 saturated heterocycles. The van der Waals surface area contributed by atoms with Crippen LogP contribution in [0.1, 0.15) is 25.7 Å². The third-order valence-electron chi connectivity index (χ3n) is 1.05. The SMILES string of the molecule is O=C(O)CCCCCO.O=C(O)O. The van der Waals surface area contributed by atoms with Crippen LogP contribution >= 0.6 is 0 Å². The van der Waals surface area contributed by atoms with Crippen LogP contribution in [0.5, 0.6) is 0 Å². The Kier molecular flexibility index (Phi) is 11.7. The second kappa shape index (κ2) is 10.7. The van der Waals surface area contributed by atoms with Gasteiger partial charge in [0, 0.05) is 13.0 Å². The maximum absolute atomic E-state index is 9.90. The van der Waals surface area contributed by atoms with Crippen molar-refractivity contribution in [3.63, 3.8) is 0 Å². The average Bonchev–Trinajstić information content (AvgIpc) is 1.97. The third-order valence-corrected chi connectivity index (χ3v) is 1.05. The van der Waals surface area contributed by atoms with Crippen molar-refractivity contribution in [3.05, 3.63) is 0 Å². The van der Waals surface area contributed by atoms with E-state index in [2.05, 4.69) is 0 Å². The summed E-state index contributed by atoms with van der Waals surface area (Å²) in [7, 11) is 0. The Labute approximate surface area is 75.4 Å². The predicted octanol–water partition coefficient (Wildman–Crippen LogP) is 0.846. The average molecular weight is 194 g/mol. The van der Waals surface area contributed by atoms with E-state index in [-0.39, 0.29) is 13.0 Å². The lowest BCUT2D eigenvalue weighted by atomic mass is 10.2. The predicted molar refractivity (Wildman–Crippen MR) is 43.8 cm³/mol. The molecule has 0 aromatic heterocycles. The molecule has 0 rings (SSSR count). The number of carbonyl (C=O) groups is 2. The fourth-order valence-electron chi connectivity index (χ4n) is 0.565. The van der Waals surface area contributed by atoms with Crippen LogP contribution in [0.25, 0.3) is 0 Å². The summed E-state index contributed by atoms with van der Waals surface area (Å²) in [6, 6.07) is 0. The number of carboxylic acid groups (broad SMARTS) is 3. The van der Waals surface area contributed by atoms with Crippen LogP contribution in [0.3, 0.4) is 0 Å². The van der Waals surface area contributed by atoms with E-state index in [0.29, 0.717) is 12.8 Å². The molecule has 0 bridgehead atoms. The van der Waals surface area contributed by atoms with E-state index < -0.39 is 12.1 Å². The van der Waals surface area contributed by atoms with Crippen molar-refractivity contribution in [2.45, 2.75) is 25.7 Å². The van der Waals surface area contributed by atoms with Crippen LogP contribution in [-0.4, -0.2) is 39.2 Å². The molecule has 0 saturated carbocycles. The Morgan fingerprint density at radius 1 is 0.923 bits per heavy atom. The summed E-state index contributed by atoms with van der Waals surface area (Å²) in [6.45, 7) is 0.166. The second-order valence-electron chi connectivity index (χ2n) is 2.21. The van der Waals surface area contributed by atoms with Crippen LogP contribution in [0, 0.1) is 0 Å². The summed E-state index contributed by atoms with van der Waals surface area (Å²) in [5.74, 6) is -0.757. The molecular weight excluding hydrogens is 180 g/mol. The summed E-state index contributed by atoms with van der Waals surface area (Å²) >= 11 is 0. The highest BCUT2D eigenvalue weighted by molar-refractivity contribution is 5.66. The van der Waals surface area contributed by atoms with Gasteiger partial charge in [0.05, 0.1) is 0 Å². The van der Waals surface area contributed by atoms with Crippen LogP contribution in [-0.2, 0) is 4.79 Å². The van der Waals surface area contributed by atoms with Gasteiger partial charge in [-0.05, 0) is 12.8 Å². The molecule has 0 atom stereocenters. The Bertz CT molecular complexity index is 140. The minimum absolute atomic E-state index is 0.166. The van der Waals surface area contributed by atoms with Crippen molar-refractivity contribution in [1.29, 1.82) is 0 Å². The third kappa shape index (κ3) is 36.7. The Balaban J connectivity index is 0. The maximum Gasteiger partial charge on any atom is 0.503 e. The zero-order valence-electron chi connectivity index (χ0n) is 7.14. The van der Waals surface area contributed by atoms with Gasteiger partial charge in [-0.25, -0.2) is 4.79 Å². The van der Waals surface area contributed by atoms with Gasteiger partial charge in [0.15, 0.2) is 0 Å². The van der Waals surface area contributed by atoms with E-state index >= 15 is 0 Å². The number of hydrogen-bond donors (Lipinski definition) is 4. The molecule has 4 N–H and O–H groups in total. The number of aliphatic hydroxyl groups excluding tert-OH is 1. The molecule has 0 radical (unpaired) electrons. The second-order valence-corrected chi connectivity index (χ2v) is 2.21. The highest BCUT2D eigenvalue weighted by Gasteiger charge is 1.94. The molecule has 0 aliphatic carbocycles. The highest BCUT2D eigenvalue weighted by Crippen LogP contribution is 1.97. The molecule has 6 nitrogen and oxygen atoms in total.